The maximum atomic E-state index is 3.86. The van der Waals surface area contributed by atoms with Gasteiger partial charge in [-0.05, 0) is 56.8 Å². The van der Waals surface area contributed by atoms with Gasteiger partial charge in [0, 0.05) is 18.6 Å². The molecule has 0 fully saturated rings. The van der Waals surface area contributed by atoms with Crippen LogP contribution >= 0.6 is 0 Å². The monoisotopic (exact) mass is 288 g/mol. The van der Waals surface area contributed by atoms with Crippen molar-refractivity contribution in [2.24, 2.45) is 5.92 Å². The van der Waals surface area contributed by atoms with Gasteiger partial charge in [0.2, 0.25) is 0 Å². The minimum atomic E-state index is 0.540. The fourth-order valence-electron chi connectivity index (χ4n) is 3.43. The zero-order valence-corrected chi connectivity index (χ0v) is 14.2. The molecule has 1 aromatic rings. The number of benzene rings is 1. The van der Waals surface area contributed by atoms with E-state index in [0.29, 0.717) is 12.1 Å². The lowest BCUT2D eigenvalue weighted by molar-refractivity contribution is 0.239. The fraction of sp³-hybridized carbons (Fsp3) is 0.684. The lowest BCUT2D eigenvalue weighted by Gasteiger charge is -2.29. The van der Waals surface area contributed by atoms with E-state index in [-0.39, 0.29) is 0 Å². The normalized spacial score (nSPS) is 20.4. The second kappa shape index (κ2) is 7.95. The molecule has 0 radical (unpaired) electrons. The van der Waals surface area contributed by atoms with Crippen molar-refractivity contribution in [3.05, 3.63) is 35.4 Å². The second-order valence-corrected chi connectivity index (χ2v) is 7.15. The van der Waals surface area contributed by atoms with Crippen LogP contribution in [0, 0.1) is 5.92 Å². The molecule has 2 nitrogen and oxygen atoms in total. The van der Waals surface area contributed by atoms with Gasteiger partial charge in [0.1, 0.15) is 0 Å². The summed E-state index contributed by atoms with van der Waals surface area (Å²) in [6.07, 6.45) is 6.45. The summed E-state index contributed by atoms with van der Waals surface area (Å²) in [7, 11) is 4.41. The van der Waals surface area contributed by atoms with Crippen molar-refractivity contribution in [3.8, 4) is 0 Å². The quantitative estimate of drug-likeness (QED) is 0.795. The standard InChI is InChI=1S/C19H32N2/c1-15(2)13-17(21(3)4)14-20-19-12-8-6-10-16-9-5-7-11-18(16)19/h5,7,9,11,15,17,19-20H,6,8,10,12-14H2,1-4H3. The largest absolute Gasteiger partial charge is 0.308 e. The molecule has 1 N–H and O–H groups in total. The Balaban J connectivity index is 2.01. The summed E-state index contributed by atoms with van der Waals surface area (Å²) >= 11 is 0. The Morgan fingerprint density at radius 2 is 1.95 bits per heavy atom. The van der Waals surface area contributed by atoms with Crippen LogP contribution in [-0.4, -0.2) is 31.6 Å². The minimum absolute atomic E-state index is 0.540. The van der Waals surface area contributed by atoms with Crippen molar-refractivity contribution in [3.63, 3.8) is 0 Å². The van der Waals surface area contributed by atoms with Crippen LogP contribution in [0.5, 0.6) is 0 Å². The molecular formula is C19H32N2. The summed E-state index contributed by atoms with van der Waals surface area (Å²) in [6.45, 7) is 5.72. The summed E-state index contributed by atoms with van der Waals surface area (Å²) in [5, 5.41) is 3.86. The number of fused-ring (bicyclic) bond motifs is 1. The Morgan fingerprint density at radius 3 is 2.67 bits per heavy atom. The maximum absolute atomic E-state index is 3.86. The van der Waals surface area contributed by atoms with Crippen LogP contribution in [0.15, 0.2) is 24.3 Å². The second-order valence-electron chi connectivity index (χ2n) is 7.15. The van der Waals surface area contributed by atoms with Gasteiger partial charge in [-0.15, -0.1) is 0 Å². The third-order valence-corrected chi connectivity index (χ3v) is 4.69. The number of hydrogen-bond acceptors (Lipinski definition) is 2. The molecule has 2 rings (SSSR count). The average Bonchev–Trinajstić information content (AvgIpc) is 2.65. The molecule has 0 saturated carbocycles. The fourth-order valence-corrected chi connectivity index (χ4v) is 3.43. The molecule has 1 aliphatic rings. The third kappa shape index (κ3) is 4.82. The van der Waals surface area contributed by atoms with E-state index in [1.54, 1.807) is 5.56 Å². The number of nitrogens with one attached hydrogen (secondary N) is 1. The number of aryl methyl sites for hydroxylation is 1. The summed E-state index contributed by atoms with van der Waals surface area (Å²) in [5.74, 6) is 0.751. The van der Waals surface area contributed by atoms with Gasteiger partial charge in [-0.2, -0.15) is 0 Å². The summed E-state index contributed by atoms with van der Waals surface area (Å²) in [6, 6.07) is 10.2. The highest BCUT2D eigenvalue weighted by Gasteiger charge is 2.20. The molecule has 0 spiro atoms. The Hall–Kier alpha value is -0.860. The molecule has 2 atom stereocenters. The van der Waals surface area contributed by atoms with E-state index < -0.39 is 0 Å². The lowest BCUT2D eigenvalue weighted by Crippen LogP contribution is -2.40. The van der Waals surface area contributed by atoms with Crippen LogP contribution in [0.25, 0.3) is 0 Å². The van der Waals surface area contributed by atoms with E-state index in [1.807, 2.05) is 0 Å². The molecule has 118 valence electrons. The lowest BCUT2D eigenvalue weighted by atomic mass is 9.98. The van der Waals surface area contributed by atoms with Crippen molar-refractivity contribution in [2.75, 3.05) is 20.6 Å². The zero-order chi connectivity index (χ0) is 15.2. The van der Waals surface area contributed by atoms with Gasteiger partial charge in [0.25, 0.3) is 0 Å². The SMILES string of the molecule is CC(C)CC(CNC1CCCCc2ccccc21)N(C)C. The molecule has 0 saturated heterocycles. The first-order valence-electron chi connectivity index (χ1n) is 8.55. The number of hydrogen-bond donors (Lipinski definition) is 1. The van der Waals surface area contributed by atoms with E-state index in [2.05, 4.69) is 62.4 Å². The van der Waals surface area contributed by atoms with Crippen LogP contribution in [0.3, 0.4) is 0 Å². The summed E-state index contributed by atoms with van der Waals surface area (Å²) < 4.78 is 0. The topological polar surface area (TPSA) is 15.3 Å². The first kappa shape index (κ1) is 16.5. The van der Waals surface area contributed by atoms with Gasteiger partial charge in [-0.1, -0.05) is 44.5 Å². The first-order valence-corrected chi connectivity index (χ1v) is 8.55. The van der Waals surface area contributed by atoms with Gasteiger partial charge in [0.15, 0.2) is 0 Å². The highest BCUT2D eigenvalue weighted by Crippen LogP contribution is 2.28. The van der Waals surface area contributed by atoms with Crippen molar-refractivity contribution in [1.29, 1.82) is 0 Å². The van der Waals surface area contributed by atoms with Gasteiger partial charge in [0.05, 0.1) is 0 Å². The number of rotatable bonds is 6. The number of likely N-dealkylation sites (N-methyl/N-ethyl adjacent to an activating group) is 1. The van der Waals surface area contributed by atoms with E-state index in [4.69, 9.17) is 0 Å². The number of nitrogens with zero attached hydrogens (tertiary/aromatic N) is 1. The minimum Gasteiger partial charge on any atom is -0.308 e. The molecule has 2 heteroatoms. The van der Waals surface area contributed by atoms with Crippen molar-refractivity contribution in [2.45, 2.75) is 58.0 Å². The molecule has 2 unspecified atom stereocenters. The molecule has 0 aliphatic heterocycles. The van der Waals surface area contributed by atoms with E-state index in [0.717, 1.165) is 12.5 Å². The van der Waals surface area contributed by atoms with E-state index in [9.17, 15) is 0 Å². The Labute approximate surface area is 130 Å². The molecule has 0 amide bonds. The van der Waals surface area contributed by atoms with E-state index >= 15 is 0 Å². The molecule has 0 bridgehead atoms. The zero-order valence-electron chi connectivity index (χ0n) is 14.2. The van der Waals surface area contributed by atoms with Crippen LogP contribution in [-0.2, 0) is 6.42 Å². The van der Waals surface area contributed by atoms with Crippen LogP contribution in [0.4, 0.5) is 0 Å². The Kier molecular flexibility index (Phi) is 6.25. The van der Waals surface area contributed by atoms with Crippen LogP contribution < -0.4 is 5.32 Å². The van der Waals surface area contributed by atoms with Crippen molar-refractivity contribution < 1.29 is 0 Å². The molecule has 0 aromatic heterocycles. The van der Waals surface area contributed by atoms with Gasteiger partial charge in [-0.25, -0.2) is 0 Å². The van der Waals surface area contributed by atoms with Crippen LogP contribution in [0.1, 0.15) is 56.7 Å². The highest BCUT2D eigenvalue weighted by molar-refractivity contribution is 5.31. The maximum Gasteiger partial charge on any atom is 0.0323 e. The molecule has 21 heavy (non-hydrogen) atoms. The van der Waals surface area contributed by atoms with Gasteiger partial charge >= 0.3 is 0 Å². The van der Waals surface area contributed by atoms with Gasteiger partial charge in [-0.3, -0.25) is 0 Å². The molecular weight excluding hydrogens is 256 g/mol. The summed E-state index contributed by atoms with van der Waals surface area (Å²) in [4.78, 5) is 2.37. The molecule has 1 aromatic carbocycles. The first-order chi connectivity index (χ1) is 10.1. The molecule has 0 heterocycles. The third-order valence-electron chi connectivity index (χ3n) is 4.69. The predicted octanol–water partition coefficient (Wildman–Crippen LogP) is 4.02. The van der Waals surface area contributed by atoms with Crippen LogP contribution in [0.2, 0.25) is 0 Å². The average molecular weight is 288 g/mol. The predicted molar refractivity (Wildman–Crippen MR) is 91.7 cm³/mol. The van der Waals surface area contributed by atoms with Gasteiger partial charge < -0.3 is 10.2 Å². The Morgan fingerprint density at radius 1 is 1.19 bits per heavy atom. The van der Waals surface area contributed by atoms with E-state index in [1.165, 1.54) is 37.7 Å². The summed E-state index contributed by atoms with van der Waals surface area (Å²) in [5.41, 5.74) is 3.09. The Bertz CT molecular complexity index is 425. The smallest absolute Gasteiger partial charge is 0.0323 e. The van der Waals surface area contributed by atoms with Crippen molar-refractivity contribution >= 4 is 0 Å². The molecule has 1 aliphatic carbocycles. The van der Waals surface area contributed by atoms with Crippen molar-refractivity contribution in [1.82, 2.24) is 10.2 Å². The highest BCUT2D eigenvalue weighted by atomic mass is 15.1.